The first-order valence-corrected chi connectivity index (χ1v) is 15.8. The van der Waals surface area contributed by atoms with E-state index in [0.717, 1.165) is 37.5 Å². The van der Waals surface area contributed by atoms with Gasteiger partial charge in [0.05, 0.1) is 6.10 Å². The van der Waals surface area contributed by atoms with Crippen LogP contribution in [0.2, 0.25) is 0 Å². The van der Waals surface area contributed by atoms with Crippen molar-refractivity contribution < 1.29 is 14.6 Å². The largest absolute Gasteiger partial charge is 0.461 e. The molecule has 0 radical (unpaired) electrons. The fraction of sp³-hybridized carbons (Fsp3) is 0.853. The molecule has 3 heteroatoms. The Morgan fingerprint density at radius 3 is 2.57 bits per heavy atom. The van der Waals surface area contributed by atoms with Gasteiger partial charge in [-0.2, -0.15) is 0 Å². The van der Waals surface area contributed by atoms with Gasteiger partial charge in [-0.3, -0.25) is 4.79 Å². The fourth-order valence-corrected chi connectivity index (χ4v) is 9.57. The molecule has 0 bridgehead atoms. The third-order valence-electron chi connectivity index (χ3n) is 11.9. The van der Waals surface area contributed by atoms with Gasteiger partial charge in [-0.05, 0) is 98.2 Å². The Labute approximate surface area is 227 Å². The Balaban J connectivity index is 1.55. The number of carbonyl (C=O) groups excluding carboxylic acids is 1. The van der Waals surface area contributed by atoms with Crippen molar-refractivity contribution in [1.82, 2.24) is 0 Å². The molecule has 0 aliphatic heterocycles. The molecule has 210 valence electrons. The van der Waals surface area contributed by atoms with Gasteiger partial charge in [-0.15, -0.1) is 0 Å². The van der Waals surface area contributed by atoms with Crippen molar-refractivity contribution in [3.8, 4) is 0 Å². The van der Waals surface area contributed by atoms with E-state index in [4.69, 9.17) is 4.74 Å². The van der Waals surface area contributed by atoms with Gasteiger partial charge in [0.25, 0.3) is 0 Å². The highest BCUT2D eigenvalue weighted by Gasteiger charge is 2.61. The number of rotatable bonds is 9. The highest BCUT2D eigenvalue weighted by atomic mass is 16.5. The molecule has 4 aliphatic carbocycles. The molecule has 0 amide bonds. The summed E-state index contributed by atoms with van der Waals surface area (Å²) in [6.45, 7) is 16.6. The number of fused-ring (bicyclic) bond motifs is 5. The maximum Gasteiger partial charge on any atom is 0.306 e. The number of aliphatic hydroxyl groups excluding tert-OH is 1. The molecular formula is C34H56O3. The van der Waals surface area contributed by atoms with Gasteiger partial charge < -0.3 is 9.84 Å². The molecule has 0 aromatic heterocycles. The standard InChI is InChI=1S/C34H56O3/c1-8-10-11-32(36)37-31-21-26(35)20-25-14-15-27-29-17-16-28(23(5)12-13-24(9-2)22(3)4)33(29,6)19-18-30(27)34(25,31)7/h12-14,22-24,26-31,35H,8-11,15-21H2,1-7H3/b13-12+/t23-,24+,26+,27+,28-,29+,30+,31?,33-,34+/m1/s1. The summed E-state index contributed by atoms with van der Waals surface area (Å²) in [6, 6.07) is 0. The van der Waals surface area contributed by atoms with Gasteiger partial charge >= 0.3 is 5.97 Å². The molecule has 4 rings (SSSR count). The second-order valence-corrected chi connectivity index (χ2v) is 14.1. The number of ether oxygens (including phenoxy) is 1. The molecule has 37 heavy (non-hydrogen) atoms. The normalized spacial score (nSPS) is 41.1. The van der Waals surface area contributed by atoms with E-state index in [1.165, 1.54) is 37.7 Å². The predicted octanol–water partition coefficient (Wildman–Crippen LogP) is 8.51. The molecule has 0 saturated heterocycles. The van der Waals surface area contributed by atoms with Gasteiger partial charge in [0.2, 0.25) is 0 Å². The summed E-state index contributed by atoms with van der Waals surface area (Å²) in [7, 11) is 0. The van der Waals surface area contributed by atoms with E-state index < -0.39 is 6.10 Å². The zero-order chi connectivity index (χ0) is 27.0. The Hall–Kier alpha value is -1.09. The van der Waals surface area contributed by atoms with Gasteiger partial charge in [0, 0.05) is 18.3 Å². The average Bonchev–Trinajstić information content (AvgIpc) is 3.21. The number of unbranched alkanes of at least 4 members (excludes halogenated alkanes) is 1. The summed E-state index contributed by atoms with van der Waals surface area (Å²) in [5.41, 5.74) is 1.64. The quantitative estimate of drug-likeness (QED) is 0.249. The first kappa shape index (κ1) is 28.9. The zero-order valence-electron chi connectivity index (χ0n) is 25.0. The molecule has 3 fully saturated rings. The van der Waals surface area contributed by atoms with E-state index in [9.17, 15) is 9.90 Å². The van der Waals surface area contributed by atoms with Crippen LogP contribution < -0.4 is 0 Å². The Morgan fingerprint density at radius 1 is 1.14 bits per heavy atom. The fourth-order valence-electron chi connectivity index (χ4n) is 9.57. The van der Waals surface area contributed by atoms with Crippen LogP contribution in [0.15, 0.2) is 23.8 Å². The minimum absolute atomic E-state index is 0.0716. The van der Waals surface area contributed by atoms with Crippen molar-refractivity contribution >= 4 is 5.97 Å². The summed E-state index contributed by atoms with van der Waals surface area (Å²) in [4.78, 5) is 12.7. The molecule has 1 unspecified atom stereocenters. The van der Waals surface area contributed by atoms with Crippen LogP contribution in [0, 0.1) is 52.3 Å². The summed E-state index contributed by atoms with van der Waals surface area (Å²) in [6.07, 6.45) is 18.2. The van der Waals surface area contributed by atoms with E-state index in [2.05, 4.69) is 66.7 Å². The lowest BCUT2D eigenvalue weighted by molar-refractivity contribution is -0.169. The molecule has 0 aromatic carbocycles. The van der Waals surface area contributed by atoms with E-state index in [0.29, 0.717) is 47.8 Å². The molecule has 1 N–H and O–H groups in total. The number of esters is 1. The lowest BCUT2D eigenvalue weighted by atomic mass is 9.46. The maximum atomic E-state index is 12.7. The SMILES string of the molecule is CCCCC(=O)OC1C[C@@H](O)CC2=CC[C@H]3[C@@H]4CC[C@H]([C@H](C)/C=C/[C@H](CC)C(C)C)[C@@]4(C)CC[C@@H]3[C@]21C. The number of hydrogen-bond acceptors (Lipinski definition) is 3. The lowest BCUT2D eigenvalue weighted by Gasteiger charge is -2.60. The van der Waals surface area contributed by atoms with Gasteiger partial charge in [0.1, 0.15) is 6.10 Å². The van der Waals surface area contributed by atoms with Crippen LogP contribution in [0.5, 0.6) is 0 Å². The summed E-state index contributed by atoms with van der Waals surface area (Å²) in [5.74, 6) is 4.67. The van der Waals surface area contributed by atoms with Gasteiger partial charge in [0.15, 0.2) is 0 Å². The Bertz CT molecular complexity index is 857. The van der Waals surface area contributed by atoms with Crippen molar-refractivity contribution in [3.63, 3.8) is 0 Å². The highest BCUT2D eigenvalue weighted by Crippen LogP contribution is 2.67. The summed E-state index contributed by atoms with van der Waals surface area (Å²) < 4.78 is 6.22. The molecular weight excluding hydrogens is 456 g/mol. The van der Waals surface area contributed by atoms with Crippen molar-refractivity contribution in [2.75, 3.05) is 0 Å². The topological polar surface area (TPSA) is 46.5 Å². The third-order valence-corrected chi connectivity index (χ3v) is 11.9. The second kappa shape index (κ2) is 11.6. The van der Waals surface area contributed by atoms with Crippen molar-refractivity contribution in [2.45, 2.75) is 131 Å². The number of carbonyl (C=O) groups is 1. The highest BCUT2D eigenvalue weighted by molar-refractivity contribution is 5.69. The van der Waals surface area contributed by atoms with Crippen molar-refractivity contribution in [1.29, 1.82) is 0 Å². The van der Waals surface area contributed by atoms with Crippen LogP contribution in [0.25, 0.3) is 0 Å². The van der Waals surface area contributed by atoms with Gasteiger partial charge in [-0.1, -0.05) is 78.7 Å². The predicted molar refractivity (Wildman–Crippen MR) is 153 cm³/mol. The number of allylic oxidation sites excluding steroid dienone is 3. The van der Waals surface area contributed by atoms with E-state index in [1.807, 2.05) is 0 Å². The molecule has 3 nitrogen and oxygen atoms in total. The first-order chi connectivity index (χ1) is 17.6. The van der Waals surface area contributed by atoms with Crippen LogP contribution in [0.3, 0.4) is 0 Å². The smallest absolute Gasteiger partial charge is 0.306 e. The van der Waals surface area contributed by atoms with Crippen LogP contribution >= 0.6 is 0 Å². The minimum Gasteiger partial charge on any atom is -0.461 e. The zero-order valence-corrected chi connectivity index (χ0v) is 25.0. The number of aliphatic hydroxyl groups is 1. The molecule has 0 aromatic rings. The third kappa shape index (κ3) is 5.37. The monoisotopic (exact) mass is 512 g/mol. The van der Waals surface area contributed by atoms with Crippen LogP contribution in [-0.4, -0.2) is 23.3 Å². The molecule has 10 atom stereocenters. The van der Waals surface area contributed by atoms with Gasteiger partial charge in [-0.25, -0.2) is 0 Å². The summed E-state index contributed by atoms with van der Waals surface area (Å²) >= 11 is 0. The first-order valence-electron chi connectivity index (χ1n) is 15.8. The lowest BCUT2D eigenvalue weighted by Crippen LogP contribution is -2.56. The van der Waals surface area contributed by atoms with Crippen LogP contribution in [0.4, 0.5) is 0 Å². The molecule has 4 aliphatic rings. The van der Waals surface area contributed by atoms with E-state index in [-0.39, 0.29) is 17.5 Å². The average molecular weight is 513 g/mol. The molecule has 3 saturated carbocycles. The second-order valence-electron chi connectivity index (χ2n) is 14.1. The van der Waals surface area contributed by atoms with E-state index in [1.54, 1.807) is 0 Å². The maximum absolute atomic E-state index is 12.7. The Kier molecular flexibility index (Phi) is 9.04. The molecule has 0 heterocycles. The van der Waals surface area contributed by atoms with E-state index >= 15 is 0 Å². The Morgan fingerprint density at radius 2 is 1.89 bits per heavy atom. The van der Waals surface area contributed by atoms with Crippen LogP contribution in [-0.2, 0) is 9.53 Å². The summed E-state index contributed by atoms with van der Waals surface area (Å²) in [5, 5.41) is 10.7. The minimum atomic E-state index is -0.394. The van der Waals surface area contributed by atoms with Crippen LogP contribution in [0.1, 0.15) is 119 Å². The number of hydrogen-bond donors (Lipinski definition) is 1. The van der Waals surface area contributed by atoms with Crippen molar-refractivity contribution in [3.05, 3.63) is 23.8 Å². The van der Waals surface area contributed by atoms with Crippen molar-refractivity contribution in [2.24, 2.45) is 52.3 Å². The molecule has 0 spiro atoms.